The molecule has 1 fully saturated rings. The van der Waals surface area contributed by atoms with E-state index < -0.39 is 6.10 Å². The summed E-state index contributed by atoms with van der Waals surface area (Å²) in [6, 6.07) is 7.84. The molecule has 6 heteroatoms. The van der Waals surface area contributed by atoms with Crippen LogP contribution in [0.1, 0.15) is 30.6 Å². The highest BCUT2D eigenvalue weighted by atomic mass is 32.1. The smallest absolute Gasteiger partial charge is 0.237 e. The van der Waals surface area contributed by atoms with Gasteiger partial charge in [-0.15, -0.1) is 11.3 Å². The monoisotopic (exact) mass is 331 g/mol. The first-order valence-corrected chi connectivity index (χ1v) is 8.65. The van der Waals surface area contributed by atoms with Crippen molar-refractivity contribution in [1.29, 1.82) is 0 Å². The zero-order valence-electron chi connectivity index (χ0n) is 13.2. The summed E-state index contributed by atoms with van der Waals surface area (Å²) in [5.41, 5.74) is 5.09. The maximum atomic E-state index is 12.2. The molecule has 1 aromatic heterocycles. The number of hydrogen-bond acceptors (Lipinski definition) is 5. The lowest BCUT2D eigenvalue weighted by atomic mass is 10.0. The van der Waals surface area contributed by atoms with E-state index in [1.165, 1.54) is 4.88 Å². The quantitative estimate of drug-likeness (QED) is 0.801. The molecule has 0 saturated carbocycles. The molecule has 1 aromatic carbocycles. The summed E-state index contributed by atoms with van der Waals surface area (Å²) in [5.74, 6) is -0.0589. The standard InChI is InChI=1S/C17H21N3O2S/c1-10(20-17(22)15-7-14(21)8-18-15)12-3-5-13(6-4-12)16-11(2)19-9-23-16/h3-6,9-10,14-15,18,21H,7-8H2,1-2H3,(H,20,22)/t10-,14-,15+/m1/s1. The molecule has 3 N–H and O–H groups in total. The van der Waals surface area contributed by atoms with Gasteiger partial charge in [-0.1, -0.05) is 24.3 Å². The van der Waals surface area contributed by atoms with Crippen LogP contribution in [-0.4, -0.2) is 34.7 Å². The number of benzene rings is 1. The Hall–Kier alpha value is -1.76. The number of carbonyl (C=O) groups excluding carboxylic acids is 1. The highest BCUT2D eigenvalue weighted by Gasteiger charge is 2.28. The lowest BCUT2D eigenvalue weighted by molar-refractivity contribution is -0.123. The molecule has 1 saturated heterocycles. The number of amides is 1. The number of aromatic nitrogens is 1. The number of aliphatic hydroxyl groups excluding tert-OH is 1. The van der Waals surface area contributed by atoms with Gasteiger partial charge in [-0.2, -0.15) is 0 Å². The fraction of sp³-hybridized carbons (Fsp3) is 0.412. The van der Waals surface area contributed by atoms with Crippen LogP contribution in [0.15, 0.2) is 29.8 Å². The van der Waals surface area contributed by atoms with Crippen molar-refractivity contribution in [3.8, 4) is 10.4 Å². The van der Waals surface area contributed by atoms with Crippen molar-refractivity contribution in [2.75, 3.05) is 6.54 Å². The number of carbonyl (C=O) groups is 1. The second-order valence-electron chi connectivity index (χ2n) is 5.97. The third-order valence-corrected chi connectivity index (χ3v) is 5.18. The van der Waals surface area contributed by atoms with E-state index in [0.29, 0.717) is 13.0 Å². The lowest BCUT2D eigenvalue weighted by Gasteiger charge is -2.18. The van der Waals surface area contributed by atoms with Crippen LogP contribution >= 0.6 is 11.3 Å². The van der Waals surface area contributed by atoms with Gasteiger partial charge in [0.2, 0.25) is 5.91 Å². The van der Waals surface area contributed by atoms with Gasteiger partial charge in [-0.3, -0.25) is 4.79 Å². The van der Waals surface area contributed by atoms with E-state index in [1.807, 2.05) is 31.5 Å². The van der Waals surface area contributed by atoms with E-state index in [1.54, 1.807) is 11.3 Å². The summed E-state index contributed by atoms with van der Waals surface area (Å²) in [6.07, 6.45) is 0.0466. The Bertz CT molecular complexity index is 683. The Labute approximate surface area is 139 Å². The molecule has 5 nitrogen and oxygen atoms in total. The first kappa shape index (κ1) is 16.1. The number of hydrogen-bond donors (Lipinski definition) is 3. The van der Waals surface area contributed by atoms with Crippen LogP contribution in [0.5, 0.6) is 0 Å². The average molecular weight is 331 g/mol. The summed E-state index contributed by atoms with van der Waals surface area (Å²) in [6.45, 7) is 4.46. The molecule has 3 rings (SSSR count). The van der Waals surface area contributed by atoms with Crippen LogP contribution < -0.4 is 10.6 Å². The predicted molar refractivity (Wildman–Crippen MR) is 91.3 cm³/mol. The number of β-amino-alcohol motifs (C(OH)–C–C–N with tert-alkyl or cyclic N) is 1. The van der Waals surface area contributed by atoms with Crippen molar-refractivity contribution in [2.45, 2.75) is 38.5 Å². The summed E-state index contributed by atoms with van der Waals surface area (Å²) >= 11 is 1.63. The largest absolute Gasteiger partial charge is 0.392 e. The van der Waals surface area contributed by atoms with Crippen LogP contribution in [0.2, 0.25) is 0 Å². The lowest BCUT2D eigenvalue weighted by Crippen LogP contribution is -2.41. The highest BCUT2D eigenvalue weighted by molar-refractivity contribution is 7.13. The highest BCUT2D eigenvalue weighted by Crippen LogP contribution is 2.28. The molecule has 0 bridgehead atoms. The number of thiazole rings is 1. The summed E-state index contributed by atoms with van der Waals surface area (Å²) in [4.78, 5) is 17.6. The summed E-state index contributed by atoms with van der Waals surface area (Å²) < 4.78 is 0. The van der Waals surface area contributed by atoms with Crippen molar-refractivity contribution in [3.05, 3.63) is 41.0 Å². The molecule has 3 atom stereocenters. The van der Waals surface area contributed by atoms with Gasteiger partial charge in [0.1, 0.15) is 0 Å². The van der Waals surface area contributed by atoms with Crippen LogP contribution in [0.3, 0.4) is 0 Å². The number of nitrogens with zero attached hydrogens (tertiary/aromatic N) is 1. The van der Waals surface area contributed by atoms with E-state index in [0.717, 1.165) is 16.8 Å². The van der Waals surface area contributed by atoms with Gasteiger partial charge in [-0.05, 0) is 31.4 Å². The zero-order chi connectivity index (χ0) is 16.4. The molecule has 0 unspecified atom stereocenters. The van der Waals surface area contributed by atoms with Crippen molar-refractivity contribution in [3.63, 3.8) is 0 Å². The minimum Gasteiger partial charge on any atom is -0.392 e. The fourth-order valence-corrected chi connectivity index (χ4v) is 3.63. The molecule has 2 heterocycles. The Morgan fingerprint density at radius 3 is 2.74 bits per heavy atom. The molecule has 0 aliphatic carbocycles. The Kier molecular flexibility index (Phi) is 4.75. The second kappa shape index (κ2) is 6.78. The van der Waals surface area contributed by atoms with Crippen molar-refractivity contribution in [1.82, 2.24) is 15.6 Å². The van der Waals surface area contributed by atoms with Crippen LogP contribution in [0, 0.1) is 6.92 Å². The normalized spacial score (nSPS) is 22.0. The average Bonchev–Trinajstić information content (AvgIpc) is 3.16. The Morgan fingerprint density at radius 2 is 2.17 bits per heavy atom. The van der Waals surface area contributed by atoms with Crippen molar-refractivity contribution in [2.24, 2.45) is 0 Å². The molecule has 23 heavy (non-hydrogen) atoms. The number of nitrogens with one attached hydrogen (secondary N) is 2. The van der Waals surface area contributed by atoms with Crippen LogP contribution in [0.25, 0.3) is 10.4 Å². The van der Waals surface area contributed by atoms with Crippen molar-refractivity contribution >= 4 is 17.2 Å². The van der Waals surface area contributed by atoms with Crippen molar-refractivity contribution < 1.29 is 9.90 Å². The second-order valence-corrected chi connectivity index (χ2v) is 6.82. The van der Waals surface area contributed by atoms with Crippen LogP contribution in [-0.2, 0) is 4.79 Å². The maximum absolute atomic E-state index is 12.2. The van der Waals surface area contributed by atoms with Gasteiger partial charge < -0.3 is 15.7 Å². The van der Waals surface area contributed by atoms with E-state index in [2.05, 4.69) is 27.8 Å². The Balaban J connectivity index is 1.65. The van der Waals surface area contributed by atoms with Gasteiger partial charge in [0.15, 0.2) is 0 Å². The molecule has 0 spiro atoms. The molecular weight excluding hydrogens is 310 g/mol. The first-order valence-electron chi connectivity index (χ1n) is 7.77. The van der Waals surface area contributed by atoms with Gasteiger partial charge in [0.05, 0.1) is 34.3 Å². The van der Waals surface area contributed by atoms with E-state index in [9.17, 15) is 9.90 Å². The minimum atomic E-state index is -0.428. The molecule has 2 aromatic rings. The topological polar surface area (TPSA) is 74.2 Å². The number of aliphatic hydroxyl groups is 1. The SMILES string of the molecule is Cc1ncsc1-c1ccc([C@@H](C)NC(=O)[C@@H]2C[C@@H](O)CN2)cc1. The third kappa shape index (κ3) is 3.60. The Morgan fingerprint density at radius 1 is 1.43 bits per heavy atom. The first-order chi connectivity index (χ1) is 11.0. The van der Waals surface area contributed by atoms with Gasteiger partial charge >= 0.3 is 0 Å². The molecule has 122 valence electrons. The molecule has 0 radical (unpaired) electrons. The van der Waals surface area contributed by atoms with Crippen LogP contribution in [0.4, 0.5) is 0 Å². The predicted octanol–water partition coefficient (Wildman–Crippen LogP) is 2.02. The van der Waals surface area contributed by atoms with E-state index in [4.69, 9.17) is 0 Å². The third-order valence-electron chi connectivity index (χ3n) is 4.20. The number of rotatable bonds is 4. The summed E-state index contributed by atoms with van der Waals surface area (Å²) in [7, 11) is 0. The minimum absolute atomic E-state index is 0.0589. The molecule has 1 amide bonds. The molecule has 1 aliphatic rings. The van der Waals surface area contributed by atoms with Gasteiger partial charge in [0, 0.05) is 6.54 Å². The fourth-order valence-electron chi connectivity index (χ4n) is 2.82. The van der Waals surface area contributed by atoms with Gasteiger partial charge in [-0.25, -0.2) is 4.98 Å². The number of aryl methyl sites for hydroxylation is 1. The van der Waals surface area contributed by atoms with E-state index >= 15 is 0 Å². The zero-order valence-corrected chi connectivity index (χ0v) is 14.1. The summed E-state index contributed by atoms with van der Waals surface area (Å²) in [5, 5.41) is 15.5. The maximum Gasteiger partial charge on any atom is 0.237 e. The van der Waals surface area contributed by atoms with E-state index in [-0.39, 0.29) is 18.0 Å². The molecular formula is C17H21N3O2S. The molecule has 1 aliphatic heterocycles. The van der Waals surface area contributed by atoms with Gasteiger partial charge in [0.25, 0.3) is 0 Å².